The fraction of sp³-hybridized carbons (Fsp3) is 0.250. The van der Waals surface area contributed by atoms with Gasteiger partial charge in [0.25, 0.3) is 0 Å². The minimum Gasteiger partial charge on any atom is -0.435 e. The summed E-state index contributed by atoms with van der Waals surface area (Å²) in [7, 11) is 4.28. The Kier molecular flexibility index (Phi) is 6.51. The second kappa shape index (κ2) is 9.88. The van der Waals surface area contributed by atoms with Gasteiger partial charge < -0.3 is 19.9 Å². The largest absolute Gasteiger partial charge is 0.435 e. The molecule has 2 heterocycles. The van der Waals surface area contributed by atoms with E-state index in [1.807, 2.05) is 18.2 Å². The molecule has 1 atom stereocenters. The van der Waals surface area contributed by atoms with Crippen LogP contribution < -0.4 is 15.0 Å². The van der Waals surface area contributed by atoms with Crippen LogP contribution in [0.2, 0.25) is 0 Å². The molecule has 3 aromatic carbocycles. The first-order valence-electron chi connectivity index (χ1n) is 11.7. The zero-order valence-corrected chi connectivity index (χ0v) is 19.8. The van der Waals surface area contributed by atoms with Gasteiger partial charge in [-0.15, -0.1) is 0 Å². The van der Waals surface area contributed by atoms with E-state index in [4.69, 9.17) is 0 Å². The van der Waals surface area contributed by atoms with Gasteiger partial charge in [-0.05, 0) is 86.2 Å². The first-order valence-corrected chi connectivity index (χ1v) is 11.7. The fourth-order valence-corrected chi connectivity index (χ4v) is 4.57. The molecule has 0 saturated carbocycles. The van der Waals surface area contributed by atoms with Gasteiger partial charge in [0.15, 0.2) is 0 Å². The number of ether oxygens (including phenoxy) is 1. The van der Waals surface area contributed by atoms with Crippen LogP contribution in [0.5, 0.6) is 5.75 Å². The summed E-state index contributed by atoms with van der Waals surface area (Å²) in [6, 6.07) is 23.8. The van der Waals surface area contributed by atoms with E-state index in [9.17, 15) is 8.78 Å². The highest BCUT2D eigenvalue weighted by Crippen LogP contribution is 2.32. The highest BCUT2D eigenvalue weighted by Gasteiger charge is 2.23. The summed E-state index contributed by atoms with van der Waals surface area (Å²) < 4.78 is 29.4. The first-order chi connectivity index (χ1) is 17.0. The van der Waals surface area contributed by atoms with Crippen molar-refractivity contribution in [1.29, 1.82) is 0 Å². The van der Waals surface area contributed by atoms with Crippen molar-refractivity contribution in [2.45, 2.75) is 19.1 Å². The lowest BCUT2D eigenvalue weighted by Gasteiger charge is -2.22. The van der Waals surface area contributed by atoms with Crippen LogP contribution in [-0.2, 0) is 0 Å². The summed E-state index contributed by atoms with van der Waals surface area (Å²) in [5, 5.41) is 4.51. The summed E-state index contributed by atoms with van der Waals surface area (Å²) in [5.41, 5.74) is 5.95. The van der Waals surface area contributed by atoms with Gasteiger partial charge in [-0.3, -0.25) is 4.98 Å². The molecule has 180 valence electrons. The number of benzene rings is 3. The highest BCUT2D eigenvalue weighted by molar-refractivity contribution is 5.95. The number of aromatic nitrogens is 1. The third-order valence-electron chi connectivity index (χ3n) is 6.56. The Labute approximate surface area is 204 Å². The molecule has 1 aliphatic heterocycles. The molecule has 5 nitrogen and oxygen atoms in total. The molecular formula is C28H28F2N4O. The number of pyridine rings is 1. The van der Waals surface area contributed by atoms with Crippen molar-refractivity contribution in [2.24, 2.45) is 0 Å². The molecule has 0 spiro atoms. The molecule has 1 aromatic heterocycles. The SMILES string of the molecule is CN(C)C1CCN(c2ccc(Nc3ccnc4ccc(-c5ccc(OC(F)F)cc5)cc34)cc2)C1. The Balaban J connectivity index is 1.36. The van der Waals surface area contributed by atoms with Gasteiger partial charge in [0, 0.05) is 47.8 Å². The fourth-order valence-electron chi connectivity index (χ4n) is 4.57. The van der Waals surface area contributed by atoms with E-state index < -0.39 is 6.61 Å². The van der Waals surface area contributed by atoms with E-state index in [1.165, 1.54) is 12.1 Å². The van der Waals surface area contributed by atoms with Crippen molar-refractivity contribution in [3.63, 3.8) is 0 Å². The summed E-state index contributed by atoms with van der Waals surface area (Å²) >= 11 is 0. The average Bonchev–Trinajstić information content (AvgIpc) is 3.36. The van der Waals surface area contributed by atoms with Crippen molar-refractivity contribution in [3.8, 4) is 16.9 Å². The smallest absolute Gasteiger partial charge is 0.387 e. The van der Waals surface area contributed by atoms with Crippen LogP contribution >= 0.6 is 0 Å². The van der Waals surface area contributed by atoms with Gasteiger partial charge in [0.05, 0.1) is 5.52 Å². The molecule has 0 amide bonds. The van der Waals surface area contributed by atoms with Crippen molar-refractivity contribution >= 4 is 28.0 Å². The molecule has 0 aliphatic carbocycles. The van der Waals surface area contributed by atoms with E-state index in [1.54, 1.807) is 30.5 Å². The number of anilines is 3. The van der Waals surface area contributed by atoms with Gasteiger partial charge in [0.2, 0.25) is 0 Å². The number of nitrogens with zero attached hydrogens (tertiary/aromatic N) is 3. The number of halogens is 2. The third kappa shape index (κ3) is 5.20. The van der Waals surface area contributed by atoms with Crippen LogP contribution in [0.1, 0.15) is 6.42 Å². The second-order valence-corrected chi connectivity index (χ2v) is 9.02. The van der Waals surface area contributed by atoms with E-state index in [0.29, 0.717) is 6.04 Å². The zero-order chi connectivity index (χ0) is 24.4. The Morgan fingerprint density at radius 1 is 0.971 bits per heavy atom. The van der Waals surface area contributed by atoms with Crippen LogP contribution in [0.25, 0.3) is 22.0 Å². The van der Waals surface area contributed by atoms with Crippen molar-refractivity contribution in [1.82, 2.24) is 9.88 Å². The lowest BCUT2D eigenvalue weighted by Crippen LogP contribution is -2.31. The van der Waals surface area contributed by atoms with Crippen LogP contribution in [-0.4, -0.2) is 49.7 Å². The number of fused-ring (bicyclic) bond motifs is 1. The molecule has 7 heteroatoms. The molecule has 5 rings (SSSR count). The first kappa shape index (κ1) is 23.1. The van der Waals surface area contributed by atoms with Crippen molar-refractivity contribution in [3.05, 3.63) is 79.0 Å². The van der Waals surface area contributed by atoms with Crippen LogP contribution in [0, 0.1) is 0 Å². The summed E-state index contributed by atoms with van der Waals surface area (Å²) in [6.45, 7) is -0.712. The van der Waals surface area contributed by atoms with Gasteiger partial charge >= 0.3 is 6.61 Å². The van der Waals surface area contributed by atoms with Crippen LogP contribution in [0.4, 0.5) is 25.8 Å². The number of alkyl halides is 2. The topological polar surface area (TPSA) is 40.6 Å². The number of likely N-dealkylation sites (N-methyl/N-ethyl adjacent to an activating group) is 1. The monoisotopic (exact) mass is 474 g/mol. The molecule has 35 heavy (non-hydrogen) atoms. The molecule has 1 fully saturated rings. The second-order valence-electron chi connectivity index (χ2n) is 9.02. The van der Waals surface area contributed by atoms with E-state index >= 15 is 0 Å². The Hall–Kier alpha value is -3.71. The maximum atomic E-state index is 12.4. The van der Waals surface area contributed by atoms with Crippen molar-refractivity contribution < 1.29 is 13.5 Å². The van der Waals surface area contributed by atoms with E-state index in [-0.39, 0.29) is 5.75 Å². The number of nitrogens with one attached hydrogen (secondary N) is 1. The standard InChI is InChI=1S/C28H28F2N4O/c1-33(2)23-14-16-34(18-23)22-8-6-21(7-9-22)32-27-13-15-31-26-12-5-20(17-25(26)27)19-3-10-24(11-4-19)35-28(29)30/h3-13,15,17,23,28H,14,16,18H2,1-2H3,(H,31,32). The summed E-state index contributed by atoms with van der Waals surface area (Å²) in [5.74, 6) is 0.142. The molecule has 1 N–H and O–H groups in total. The average molecular weight is 475 g/mol. The number of hydrogen-bond acceptors (Lipinski definition) is 5. The quantitative estimate of drug-likeness (QED) is 0.336. The molecule has 1 aliphatic rings. The van der Waals surface area contributed by atoms with E-state index in [0.717, 1.165) is 46.5 Å². The molecular weight excluding hydrogens is 446 g/mol. The van der Waals surface area contributed by atoms with Gasteiger partial charge in [0.1, 0.15) is 5.75 Å². The van der Waals surface area contributed by atoms with Gasteiger partial charge in [-0.2, -0.15) is 8.78 Å². The normalized spacial score (nSPS) is 15.8. The molecule has 0 radical (unpaired) electrons. The Morgan fingerprint density at radius 2 is 1.71 bits per heavy atom. The predicted octanol–water partition coefficient (Wildman–Crippen LogP) is 6.39. The van der Waals surface area contributed by atoms with Gasteiger partial charge in [-0.25, -0.2) is 0 Å². The summed E-state index contributed by atoms with van der Waals surface area (Å²) in [4.78, 5) is 9.23. The lowest BCUT2D eigenvalue weighted by atomic mass is 10.0. The minimum absolute atomic E-state index is 0.142. The summed E-state index contributed by atoms with van der Waals surface area (Å²) in [6.07, 6.45) is 2.97. The maximum absolute atomic E-state index is 12.4. The van der Waals surface area contributed by atoms with Crippen LogP contribution in [0.3, 0.4) is 0 Å². The maximum Gasteiger partial charge on any atom is 0.387 e. The van der Waals surface area contributed by atoms with Crippen LogP contribution in [0.15, 0.2) is 79.0 Å². The third-order valence-corrected chi connectivity index (χ3v) is 6.56. The zero-order valence-electron chi connectivity index (χ0n) is 19.8. The van der Waals surface area contributed by atoms with E-state index in [2.05, 4.69) is 69.3 Å². The molecule has 1 saturated heterocycles. The van der Waals surface area contributed by atoms with Gasteiger partial charge in [-0.1, -0.05) is 18.2 Å². The van der Waals surface area contributed by atoms with Crippen molar-refractivity contribution in [2.75, 3.05) is 37.4 Å². The molecule has 4 aromatic rings. The minimum atomic E-state index is -2.83. The Morgan fingerprint density at radius 3 is 2.40 bits per heavy atom. The predicted molar refractivity (Wildman–Crippen MR) is 138 cm³/mol. The highest BCUT2D eigenvalue weighted by atomic mass is 19.3. The molecule has 0 bridgehead atoms. The lowest BCUT2D eigenvalue weighted by molar-refractivity contribution is -0.0498. The number of rotatable bonds is 7. The number of hydrogen-bond donors (Lipinski definition) is 1. The molecule has 1 unspecified atom stereocenters. The Bertz CT molecular complexity index is 1290.